The number of carbonyl (C=O) groups is 2. The summed E-state index contributed by atoms with van der Waals surface area (Å²) < 4.78 is 17.4. The Bertz CT molecular complexity index is 1730. The number of hydrogen-bond acceptors (Lipinski definition) is 10. The number of non-ortho nitro benzene ring substituents is 1. The van der Waals surface area contributed by atoms with Crippen LogP contribution in [0.15, 0.2) is 66.2 Å². The van der Waals surface area contributed by atoms with Crippen LogP contribution in [0, 0.1) is 10.1 Å². The molecule has 1 atom stereocenters. The molecule has 0 spiro atoms. The van der Waals surface area contributed by atoms with Crippen LogP contribution in [0.2, 0.25) is 0 Å². The van der Waals surface area contributed by atoms with E-state index in [1.807, 2.05) is 6.92 Å². The summed E-state index contributed by atoms with van der Waals surface area (Å²) >= 11 is 1.16. The SMILES string of the molecule is CCOc1ccc2nc(N3C(=O)C(=O)/C(=C(/O)c4ccc5c(c4)OCCO5)[C@@H]3c3cccc([N+](=O)[O-])c3)sc2c1. The van der Waals surface area contributed by atoms with Gasteiger partial charge in [0.15, 0.2) is 16.6 Å². The lowest BCUT2D eigenvalue weighted by Gasteiger charge is -2.23. The number of fused-ring (bicyclic) bond motifs is 2. The number of ketones is 1. The first kappa shape index (κ1) is 25.3. The van der Waals surface area contributed by atoms with Crippen LogP contribution in [0.5, 0.6) is 17.2 Å². The van der Waals surface area contributed by atoms with Gasteiger partial charge in [-0.1, -0.05) is 23.5 Å². The van der Waals surface area contributed by atoms with Gasteiger partial charge in [0.05, 0.1) is 33.4 Å². The Morgan fingerprint density at radius 2 is 1.93 bits per heavy atom. The summed E-state index contributed by atoms with van der Waals surface area (Å²) in [5, 5.41) is 23.2. The number of thiazole rings is 1. The van der Waals surface area contributed by atoms with Crippen molar-refractivity contribution in [3.63, 3.8) is 0 Å². The molecule has 1 aromatic heterocycles. The van der Waals surface area contributed by atoms with Crippen LogP contribution in [0.3, 0.4) is 0 Å². The van der Waals surface area contributed by atoms with Gasteiger partial charge in [0.25, 0.3) is 11.5 Å². The minimum Gasteiger partial charge on any atom is -0.507 e. The number of nitro groups is 1. The molecule has 0 aliphatic carbocycles. The van der Waals surface area contributed by atoms with Gasteiger partial charge in [-0.3, -0.25) is 24.6 Å². The number of benzene rings is 3. The minimum atomic E-state index is -1.18. The third kappa shape index (κ3) is 4.28. The van der Waals surface area contributed by atoms with E-state index >= 15 is 0 Å². The van der Waals surface area contributed by atoms with Gasteiger partial charge in [-0.25, -0.2) is 4.98 Å². The average molecular weight is 560 g/mol. The van der Waals surface area contributed by atoms with Crippen molar-refractivity contribution in [1.29, 1.82) is 0 Å². The van der Waals surface area contributed by atoms with E-state index in [0.717, 1.165) is 11.3 Å². The monoisotopic (exact) mass is 559 g/mol. The maximum atomic E-state index is 13.5. The molecule has 0 bridgehead atoms. The van der Waals surface area contributed by atoms with Crippen molar-refractivity contribution in [2.75, 3.05) is 24.7 Å². The Morgan fingerprint density at radius 3 is 2.70 bits per heavy atom. The Labute approximate surface area is 231 Å². The summed E-state index contributed by atoms with van der Waals surface area (Å²) in [5.41, 5.74) is 0.615. The molecule has 3 aromatic carbocycles. The molecule has 1 saturated heterocycles. The second-order valence-corrected chi connectivity index (χ2v) is 9.95. The maximum Gasteiger partial charge on any atom is 0.301 e. The van der Waals surface area contributed by atoms with Gasteiger partial charge in [0.1, 0.15) is 24.7 Å². The van der Waals surface area contributed by atoms with Gasteiger partial charge in [0, 0.05) is 17.7 Å². The summed E-state index contributed by atoms with van der Waals surface area (Å²) in [5.74, 6) is -0.819. The number of amides is 1. The number of nitrogens with zero attached hydrogens (tertiary/aromatic N) is 3. The van der Waals surface area contributed by atoms with Crippen molar-refractivity contribution < 1.29 is 33.8 Å². The quantitative estimate of drug-likeness (QED) is 0.114. The number of aromatic nitrogens is 1. The molecular formula is C28H21N3O8S. The summed E-state index contributed by atoms with van der Waals surface area (Å²) in [6.07, 6.45) is 0. The fraction of sp³-hybridized carbons (Fsp3) is 0.179. The summed E-state index contributed by atoms with van der Waals surface area (Å²) in [6, 6.07) is 14.4. The van der Waals surface area contributed by atoms with Gasteiger partial charge in [-0.2, -0.15) is 0 Å². The van der Waals surface area contributed by atoms with Crippen molar-refractivity contribution in [3.05, 3.63) is 87.5 Å². The number of carbonyl (C=O) groups excluding carboxylic acids is 2. The van der Waals surface area contributed by atoms with Crippen LogP contribution < -0.4 is 19.1 Å². The lowest BCUT2D eigenvalue weighted by atomic mass is 9.95. The molecule has 40 heavy (non-hydrogen) atoms. The van der Waals surface area contributed by atoms with E-state index in [4.69, 9.17) is 14.2 Å². The number of ether oxygens (including phenoxy) is 3. The molecule has 2 aliphatic rings. The number of Topliss-reactive ketones (excluding diaryl/α,β-unsaturated/α-hetero) is 1. The molecule has 0 unspecified atom stereocenters. The number of aliphatic hydroxyl groups excluding tert-OH is 1. The van der Waals surface area contributed by atoms with Crippen LogP contribution in [-0.2, 0) is 9.59 Å². The lowest BCUT2D eigenvalue weighted by molar-refractivity contribution is -0.384. The molecule has 6 rings (SSSR count). The summed E-state index contributed by atoms with van der Waals surface area (Å²) in [6.45, 7) is 3.03. The molecule has 3 heterocycles. The van der Waals surface area contributed by atoms with E-state index in [2.05, 4.69) is 4.98 Å². The van der Waals surface area contributed by atoms with E-state index in [1.165, 1.54) is 29.2 Å². The highest BCUT2D eigenvalue weighted by atomic mass is 32.1. The van der Waals surface area contributed by atoms with Crippen molar-refractivity contribution in [3.8, 4) is 17.2 Å². The predicted octanol–water partition coefficient (Wildman–Crippen LogP) is 5.00. The van der Waals surface area contributed by atoms with Crippen LogP contribution in [0.4, 0.5) is 10.8 Å². The first-order chi connectivity index (χ1) is 19.4. The van der Waals surface area contributed by atoms with Crippen molar-refractivity contribution in [2.45, 2.75) is 13.0 Å². The molecule has 11 nitrogen and oxygen atoms in total. The molecule has 2 aliphatic heterocycles. The smallest absolute Gasteiger partial charge is 0.301 e. The van der Waals surface area contributed by atoms with Crippen molar-refractivity contribution in [1.82, 2.24) is 4.98 Å². The highest BCUT2D eigenvalue weighted by molar-refractivity contribution is 7.22. The Kier molecular flexibility index (Phi) is 6.31. The van der Waals surface area contributed by atoms with E-state index < -0.39 is 28.4 Å². The third-order valence-electron chi connectivity index (χ3n) is 6.52. The molecule has 1 fully saturated rings. The van der Waals surface area contributed by atoms with Gasteiger partial charge < -0.3 is 19.3 Å². The fourth-order valence-electron chi connectivity index (χ4n) is 4.75. The largest absolute Gasteiger partial charge is 0.507 e. The zero-order chi connectivity index (χ0) is 28.0. The number of aliphatic hydroxyl groups is 1. The van der Waals surface area contributed by atoms with Gasteiger partial charge in [-0.15, -0.1) is 0 Å². The maximum absolute atomic E-state index is 13.5. The standard InChI is InChI=1S/C28H21N3O8S/c1-2-37-18-7-8-19-22(14-18)40-28(29-19)30-24(15-4-3-5-17(12-15)31(35)36)23(26(33)27(30)34)25(32)16-6-9-20-21(13-16)39-11-10-38-20/h3-9,12-14,24,32H,2,10-11H2,1H3/b25-23+/t24-/m0/s1. The first-order valence-corrected chi connectivity index (χ1v) is 13.2. The van der Waals surface area contributed by atoms with Crippen LogP contribution in [-0.4, -0.2) is 46.5 Å². The molecule has 0 radical (unpaired) electrons. The second-order valence-electron chi connectivity index (χ2n) is 8.94. The average Bonchev–Trinajstić information content (AvgIpc) is 3.50. The zero-order valence-electron chi connectivity index (χ0n) is 21.0. The van der Waals surface area contributed by atoms with Gasteiger partial charge in [-0.05, 0) is 48.9 Å². The summed E-state index contributed by atoms with van der Waals surface area (Å²) in [4.78, 5) is 43.8. The molecule has 12 heteroatoms. The third-order valence-corrected chi connectivity index (χ3v) is 7.54. The van der Waals surface area contributed by atoms with Crippen LogP contribution in [0.1, 0.15) is 24.1 Å². The van der Waals surface area contributed by atoms with E-state index in [9.17, 15) is 24.8 Å². The number of anilines is 1. The van der Waals surface area contributed by atoms with Crippen LogP contribution in [0.25, 0.3) is 16.0 Å². The van der Waals surface area contributed by atoms with Crippen molar-refractivity contribution in [2.24, 2.45) is 0 Å². The number of nitro benzene ring substituents is 1. The Hall–Kier alpha value is -4.97. The Balaban J connectivity index is 1.53. The minimum absolute atomic E-state index is 0.198. The summed E-state index contributed by atoms with van der Waals surface area (Å²) in [7, 11) is 0. The lowest BCUT2D eigenvalue weighted by Crippen LogP contribution is -2.29. The fourth-order valence-corrected chi connectivity index (χ4v) is 5.77. The van der Waals surface area contributed by atoms with E-state index in [1.54, 1.807) is 36.4 Å². The highest BCUT2D eigenvalue weighted by Gasteiger charge is 2.48. The van der Waals surface area contributed by atoms with Gasteiger partial charge >= 0.3 is 5.91 Å². The van der Waals surface area contributed by atoms with Crippen LogP contribution >= 0.6 is 11.3 Å². The molecule has 202 valence electrons. The highest BCUT2D eigenvalue weighted by Crippen LogP contribution is 2.45. The Morgan fingerprint density at radius 1 is 1.12 bits per heavy atom. The van der Waals surface area contributed by atoms with E-state index in [-0.39, 0.29) is 27.5 Å². The molecular weight excluding hydrogens is 538 g/mol. The molecule has 4 aromatic rings. The topological polar surface area (TPSA) is 141 Å². The first-order valence-electron chi connectivity index (χ1n) is 12.3. The predicted molar refractivity (Wildman–Crippen MR) is 146 cm³/mol. The van der Waals surface area contributed by atoms with E-state index in [0.29, 0.717) is 47.3 Å². The number of rotatable bonds is 6. The molecule has 0 saturated carbocycles. The van der Waals surface area contributed by atoms with Crippen molar-refractivity contribution >= 4 is 49.8 Å². The second kappa shape index (κ2) is 9.97. The zero-order valence-corrected chi connectivity index (χ0v) is 21.8. The number of hydrogen-bond donors (Lipinski definition) is 1. The molecule has 1 amide bonds. The molecule has 1 N–H and O–H groups in total. The normalized spacial score (nSPS) is 17.8. The van der Waals surface area contributed by atoms with Gasteiger partial charge in [0.2, 0.25) is 0 Å².